The van der Waals surface area contributed by atoms with E-state index in [1.54, 1.807) is 12.1 Å². The van der Waals surface area contributed by atoms with Gasteiger partial charge in [-0.1, -0.05) is 18.2 Å². The van der Waals surface area contributed by atoms with E-state index < -0.39 is 4.92 Å². The second-order valence-electron chi connectivity index (χ2n) is 6.71. The first-order valence-corrected chi connectivity index (χ1v) is 9.47. The minimum Gasteiger partial charge on any atom is -0.351 e. The summed E-state index contributed by atoms with van der Waals surface area (Å²) in [4.78, 5) is 27.5. The van der Waals surface area contributed by atoms with E-state index in [4.69, 9.17) is 0 Å². The van der Waals surface area contributed by atoms with Gasteiger partial charge in [0.05, 0.1) is 16.8 Å². The molecule has 2 heterocycles. The third-order valence-electron chi connectivity index (χ3n) is 4.88. The summed E-state index contributed by atoms with van der Waals surface area (Å²) in [5, 5.41) is 21.5. The molecule has 2 aromatic rings. The number of non-ortho nitro benzene ring substituents is 1. The Morgan fingerprint density at radius 3 is 2.71 bits per heavy atom. The number of nitrogens with one attached hydrogen (secondary N) is 1. The molecule has 28 heavy (non-hydrogen) atoms. The van der Waals surface area contributed by atoms with Crippen LogP contribution in [0.4, 0.5) is 5.69 Å². The Hall–Kier alpha value is -2.85. The summed E-state index contributed by atoms with van der Waals surface area (Å²) in [6, 6.07) is 6.02. The van der Waals surface area contributed by atoms with Crippen molar-refractivity contribution in [1.82, 2.24) is 30.1 Å². The number of hydrogen-bond acceptors (Lipinski definition) is 7. The summed E-state index contributed by atoms with van der Waals surface area (Å²) < 4.78 is 1.36. The summed E-state index contributed by atoms with van der Waals surface area (Å²) in [7, 11) is 0. The normalized spacial score (nSPS) is 15.5. The number of carbonyl (C=O) groups excluding carboxylic acids is 1. The molecule has 1 saturated heterocycles. The van der Waals surface area contributed by atoms with E-state index >= 15 is 0 Å². The molecule has 1 aliphatic rings. The quantitative estimate of drug-likeness (QED) is 0.408. The Morgan fingerprint density at radius 2 is 2.00 bits per heavy atom. The molecule has 1 amide bonds. The number of aromatic nitrogens is 3. The van der Waals surface area contributed by atoms with Gasteiger partial charge in [-0.15, -0.1) is 5.10 Å². The summed E-state index contributed by atoms with van der Waals surface area (Å²) >= 11 is 0. The molecule has 1 N–H and O–H groups in total. The first-order valence-electron chi connectivity index (χ1n) is 9.47. The van der Waals surface area contributed by atoms with E-state index in [0.717, 1.165) is 45.7 Å². The van der Waals surface area contributed by atoms with Crippen molar-refractivity contribution in [3.05, 3.63) is 46.3 Å². The van der Waals surface area contributed by atoms with Gasteiger partial charge in [0.25, 0.3) is 11.6 Å². The number of piperazine rings is 1. The van der Waals surface area contributed by atoms with E-state index in [9.17, 15) is 14.9 Å². The van der Waals surface area contributed by atoms with Crippen LogP contribution in [0.1, 0.15) is 23.8 Å². The standard InChI is InChI=1S/C18H25N7O3/c1-2-22-9-11-23(12-10-22)8-4-7-19-18(26)17-14-24(21-20-17)15-5-3-6-16(13-15)25(27)28/h3,5-6,13-14H,2,4,7-12H2,1H3,(H,19,26). The molecule has 1 fully saturated rings. The van der Waals surface area contributed by atoms with Crippen LogP contribution in [0.3, 0.4) is 0 Å². The molecule has 0 bridgehead atoms. The highest BCUT2D eigenvalue weighted by molar-refractivity contribution is 5.91. The van der Waals surface area contributed by atoms with Gasteiger partial charge in [-0.25, -0.2) is 4.68 Å². The zero-order valence-corrected chi connectivity index (χ0v) is 16.0. The van der Waals surface area contributed by atoms with Crippen molar-refractivity contribution in [2.24, 2.45) is 0 Å². The summed E-state index contributed by atoms with van der Waals surface area (Å²) in [6.07, 6.45) is 2.34. The monoisotopic (exact) mass is 387 g/mol. The number of rotatable bonds is 8. The molecule has 1 aliphatic heterocycles. The molecule has 1 aromatic carbocycles. The molecule has 0 atom stereocenters. The Kier molecular flexibility index (Phi) is 6.66. The van der Waals surface area contributed by atoms with E-state index in [2.05, 4.69) is 32.4 Å². The molecule has 10 nitrogen and oxygen atoms in total. The Bertz CT molecular complexity index is 815. The molecule has 150 valence electrons. The van der Waals surface area contributed by atoms with Crippen molar-refractivity contribution in [2.75, 3.05) is 45.8 Å². The first-order chi connectivity index (χ1) is 13.6. The van der Waals surface area contributed by atoms with Crippen LogP contribution >= 0.6 is 0 Å². The van der Waals surface area contributed by atoms with Gasteiger partial charge in [0.1, 0.15) is 0 Å². The fraction of sp³-hybridized carbons (Fsp3) is 0.500. The van der Waals surface area contributed by atoms with Gasteiger partial charge in [0, 0.05) is 44.9 Å². The number of amides is 1. The van der Waals surface area contributed by atoms with Crippen LogP contribution in [-0.2, 0) is 0 Å². The van der Waals surface area contributed by atoms with Gasteiger partial charge in [-0.3, -0.25) is 14.9 Å². The maximum absolute atomic E-state index is 12.2. The number of carbonyl (C=O) groups is 1. The second kappa shape index (κ2) is 9.38. The predicted octanol–water partition coefficient (Wildman–Crippen LogP) is 0.933. The Morgan fingerprint density at radius 1 is 1.25 bits per heavy atom. The highest BCUT2D eigenvalue weighted by Gasteiger charge is 2.16. The van der Waals surface area contributed by atoms with Crippen LogP contribution in [0.2, 0.25) is 0 Å². The van der Waals surface area contributed by atoms with Gasteiger partial charge in [0.2, 0.25) is 0 Å². The molecule has 0 unspecified atom stereocenters. The van der Waals surface area contributed by atoms with E-state index in [0.29, 0.717) is 12.2 Å². The van der Waals surface area contributed by atoms with Crippen molar-refractivity contribution in [2.45, 2.75) is 13.3 Å². The third kappa shape index (κ3) is 5.11. The van der Waals surface area contributed by atoms with Crippen LogP contribution in [0.15, 0.2) is 30.5 Å². The number of likely N-dealkylation sites (N-methyl/N-ethyl adjacent to an activating group) is 1. The van der Waals surface area contributed by atoms with Crippen LogP contribution < -0.4 is 5.32 Å². The molecule has 0 radical (unpaired) electrons. The molecule has 0 saturated carbocycles. The second-order valence-corrected chi connectivity index (χ2v) is 6.71. The Balaban J connectivity index is 1.46. The molecule has 3 rings (SSSR count). The van der Waals surface area contributed by atoms with Crippen LogP contribution in [0, 0.1) is 10.1 Å². The average Bonchev–Trinajstić information content (AvgIpc) is 3.22. The molecule has 0 spiro atoms. The van der Waals surface area contributed by atoms with Gasteiger partial charge < -0.3 is 15.1 Å². The van der Waals surface area contributed by atoms with Crippen molar-refractivity contribution in [3.8, 4) is 5.69 Å². The van der Waals surface area contributed by atoms with Crippen molar-refractivity contribution < 1.29 is 9.72 Å². The lowest BCUT2D eigenvalue weighted by atomic mass is 10.3. The van der Waals surface area contributed by atoms with Crippen molar-refractivity contribution >= 4 is 11.6 Å². The summed E-state index contributed by atoms with van der Waals surface area (Å²) in [6.45, 7) is 9.14. The van der Waals surface area contributed by atoms with Gasteiger partial charge in [-0.05, 0) is 25.6 Å². The maximum atomic E-state index is 12.2. The molecular formula is C18H25N7O3. The van der Waals surface area contributed by atoms with Gasteiger partial charge >= 0.3 is 0 Å². The fourth-order valence-corrected chi connectivity index (χ4v) is 3.17. The third-order valence-corrected chi connectivity index (χ3v) is 4.88. The zero-order chi connectivity index (χ0) is 19.9. The van der Waals surface area contributed by atoms with E-state index in [1.807, 2.05) is 0 Å². The number of benzene rings is 1. The molecule has 0 aliphatic carbocycles. The van der Waals surface area contributed by atoms with Crippen LogP contribution in [-0.4, -0.2) is 81.4 Å². The summed E-state index contributed by atoms with van der Waals surface area (Å²) in [5.41, 5.74) is 0.619. The highest BCUT2D eigenvalue weighted by Crippen LogP contribution is 2.16. The lowest BCUT2D eigenvalue weighted by molar-refractivity contribution is -0.384. The van der Waals surface area contributed by atoms with E-state index in [-0.39, 0.29) is 17.3 Å². The van der Waals surface area contributed by atoms with Crippen molar-refractivity contribution in [1.29, 1.82) is 0 Å². The molecule has 10 heteroatoms. The Labute approximate surface area is 163 Å². The minimum atomic E-state index is -0.476. The van der Waals surface area contributed by atoms with Gasteiger partial charge in [0.15, 0.2) is 5.69 Å². The minimum absolute atomic E-state index is 0.0428. The summed E-state index contributed by atoms with van der Waals surface area (Å²) in [5.74, 6) is -0.299. The fourth-order valence-electron chi connectivity index (χ4n) is 3.17. The number of hydrogen-bond donors (Lipinski definition) is 1. The topological polar surface area (TPSA) is 109 Å². The van der Waals surface area contributed by atoms with Gasteiger partial charge in [-0.2, -0.15) is 0 Å². The van der Waals surface area contributed by atoms with Crippen molar-refractivity contribution in [3.63, 3.8) is 0 Å². The maximum Gasteiger partial charge on any atom is 0.273 e. The molecular weight excluding hydrogens is 362 g/mol. The molecule has 1 aromatic heterocycles. The first kappa shape index (κ1) is 19.9. The average molecular weight is 387 g/mol. The number of nitrogens with zero attached hydrogens (tertiary/aromatic N) is 6. The predicted molar refractivity (Wildman–Crippen MR) is 104 cm³/mol. The van der Waals surface area contributed by atoms with Crippen LogP contribution in [0.25, 0.3) is 5.69 Å². The smallest absolute Gasteiger partial charge is 0.273 e. The largest absolute Gasteiger partial charge is 0.351 e. The van der Waals surface area contributed by atoms with Crippen LogP contribution in [0.5, 0.6) is 0 Å². The lowest BCUT2D eigenvalue weighted by Crippen LogP contribution is -2.46. The SMILES string of the molecule is CCN1CCN(CCCNC(=O)c2cn(-c3cccc([N+](=O)[O-])c3)nn2)CC1. The van der Waals surface area contributed by atoms with E-state index in [1.165, 1.54) is 23.0 Å². The highest BCUT2D eigenvalue weighted by atomic mass is 16.6. The zero-order valence-electron chi connectivity index (χ0n) is 16.0. The number of nitro benzene ring substituents is 1. The number of nitro groups is 1. The lowest BCUT2D eigenvalue weighted by Gasteiger charge is -2.33.